The summed E-state index contributed by atoms with van der Waals surface area (Å²) in [4.78, 5) is 5.23. The van der Waals surface area contributed by atoms with Gasteiger partial charge in [-0.3, -0.25) is 4.98 Å². The van der Waals surface area contributed by atoms with E-state index in [9.17, 15) is 5.11 Å². The van der Waals surface area contributed by atoms with E-state index in [4.69, 9.17) is 0 Å². The highest BCUT2D eigenvalue weighted by molar-refractivity contribution is 7.98. The number of phenolic OH excluding ortho intramolecular Hbond substituents is 1. The third-order valence-corrected chi connectivity index (χ3v) is 2.86. The number of aromatic nitrogens is 1. The monoisotopic (exact) mass is 217 g/mol. The molecule has 0 unspecified atom stereocenters. The smallest absolute Gasteiger partial charge is 0.123 e. The van der Waals surface area contributed by atoms with Crippen LogP contribution in [-0.4, -0.2) is 16.3 Å². The lowest BCUT2D eigenvalue weighted by Crippen LogP contribution is -1.82. The van der Waals surface area contributed by atoms with E-state index in [1.165, 1.54) is 0 Å². The normalized spacial score (nSPS) is 10.2. The molecule has 1 heterocycles. The van der Waals surface area contributed by atoms with E-state index >= 15 is 0 Å². The lowest BCUT2D eigenvalue weighted by atomic mass is 10.1. The number of para-hydroxylation sites is 1. The van der Waals surface area contributed by atoms with Crippen LogP contribution in [0.25, 0.3) is 11.1 Å². The molecule has 0 radical (unpaired) electrons. The number of thioether (sulfide) groups is 1. The van der Waals surface area contributed by atoms with Crippen LogP contribution in [0.3, 0.4) is 0 Å². The van der Waals surface area contributed by atoms with Gasteiger partial charge in [-0.25, -0.2) is 0 Å². The summed E-state index contributed by atoms with van der Waals surface area (Å²) in [6, 6.07) is 9.30. The van der Waals surface area contributed by atoms with Crippen molar-refractivity contribution in [1.29, 1.82) is 0 Å². The van der Waals surface area contributed by atoms with Crippen LogP contribution in [0.2, 0.25) is 0 Å². The maximum Gasteiger partial charge on any atom is 0.123 e. The quantitative estimate of drug-likeness (QED) is 0.784. The molecule has 0 saturated heterocycles. The Morgan fingerprint density at radius 2 is 2.00 bits per heavy atom. The van der Waals surface area contributed by atoms with Crippen LogP contribution in [0.4, 0.5) is 0 Å². The molecule has 2 aromatic rings. The Bertz CT molecular complexity index is 471. The van der Waals surface area contributed by atoms with Gasteiger partial charge in [0.2, 0.25) is 0 Å². The molecule has 0 aliphatic carbocycles. The van der Waals surface area contributed by atoms with Gasteiger partial charge in [0.15, 0.2) is 0 Å². The average Bonchev–Trinajstić information content (AvgIpc) is 2.30. The van der Waals surface area contributed by atoms with Crippen molar-refractivity contribution in [2.24, 2.45) is 0 Å². The molecule has 0 amide bonds. The Morgan fingerprint density at radius 1 is 1.20 bits per heavy atom. The first-order valence-corrected chi connectivity index (χ1v) is 5.81. The second-order valence-electron chi connectivity index (χ2n) is 3.13. The molecule has 0 spiro atoms. The zero-order chi connectivity index (χ0) is 10.7. The van der Waals surface area contributed by atoms with Crippen LogP contribution >= 0.6 is 11.8 Å². The Labute approximate surface area is 93.0 Å². The van der Waals surface area contributed by atoms with E-state index in [0.29, 0.717) is 0 Å². The van der Waals surface area contributed by atoms with Crippen molar-refractivity contribution in [3.8, 4) is 16.9 Å². The summed E-state index contributed by atoms with van der Waals surface area (Å²) in [7, 11) is 0. The zero-order valence-electron chi connectivity index (χ0n) is 8.34. The van der Waals surface area contributed by atoms with Gasteiger partial charge in [0.1, 0.15) is 5.75 Å². The third kappa shape index (κ3) is 2.13. The molecule has 0 saturated carbocycles. The fourth-order valence-corrected chi connectivity index (χ4v) is 1.81. The Hall–Kier alpha value is -1.48. The summed E-state index contributed by atoms with van der Waals surface area (Å²) in [5.74, 6) is 0.289. The third-order valence-electron chi connectivity index (χ3n) is 2.16. The Kier molecular flexibility index (Phi) is 2.92. The second kappa shape index (κ2) is 4.36. The molecular formula is C12H11NOS. The Morgan fingerprint density at radius 3 is 2.73 bits per heavy atom. The predicted octanol–water partition coefficient (Wildman–Crippen LogP) is 3.18. The van der Waals surface area contributed by atoms with Gasteiger partial charge in [-0.05, 0) is 18.4 Å². The number of hydrogen-bond acceptors (Lipinski definition) is 3. The van der Waals surface area contributed by atoms with Gasteiger partial charge < -0.3 is 5.11 Å². The fraction of sp³-hybridized carbons (Fsp3) is 0.0833. The van der Waals surface area contributed by atoms with Crippen LogP contribution in [-0.2, 0) is 0 Å². The van der Waals surface area contributed by atoms with Gasteiger partial charge in [0.05, 0.1) is 0 Å². The first-order valence-electron chi connectivity index (χ1n) is 4.58. The first kappa shape index (κ1) is 10.1. The summed E-state index contributed by atoms with van der Waals surface area (Å²) in [5, 5.41) is 9.69. The number of benzene rings is 1. The van der Waals surface area contributed by atoms with Crippen LogP contribution in [0.5, 0.6) is 5.75 Å². The fourth-order valence-electron chi connectivity index (χ4n) is 1.40. The molecule has 0 atom stereocenters. The molecular weight excluding hydrogens is 206 g/mol. The highest BCUT2D eigenvalue weighted by Gasteiger charge is 2.03. The van der Waals surface area contributed by atoms with Gasteiger partial charge in [-0.15, -0.1) is 11.8 Å². The lowest BCUT2D eigenvalue weighted by molar-refractivity contribution is 0.477. The summed E-state index contributed by atoms with van der Waals surface area (Å²) in [6.07, 6.45) is 5.58. The molecule has 2 rings (SSSR count). The molecule has 0 aliphatic rings. The lowest BCUT2D eigenvalue weighted by Gasteiger charge is -2.04. The zero-order valence-corrected chi connectivity index (χ0v) is 9.16. The van der Waals surface area contributed by atoms with Gasteiger partial charge in [-0.1, -0.05) is 18.2 Å². The van der Waals surface area contributed by atoms with Crippen molar-refractivity contribution >= 4 is 11.8 Å². The number of hydrogen-bond donors (Lipinski definition) is 1. The van der Waals surface area contributed by atoms with Crippen LogP contribution in [0.1, 0.15) is 0 Å². The van der Waals surface area contributed by atoms with Crippen molar-refractivity contribution < 1.29 is 5.11 Å². The van der Waals surface area contributed by atoms with Gasteiger partial charge in [0.25, 0.3) is 0 Å². The molecule has 0 aliphatic heterocycles. The molecule has 15 heavy (non-hydrogen) atoms. The largest absolute Gasteiger partial charge is 0.507 e. The van der Waals surface area contributed by atoms with E-state index in [0.717, 1.165) is 16.0 Å². The SMILES string of the molecule is CSc1cncc(-c2ccccc2O)c1. The van der Waals surface area contributed by atoms with E-state index < -0.39 is 0 Å². The number of aromatic hydroxyl groups is 1. The van der Waals surface area contributed by atoms with Crippen LogP contribution < -0.4 is 0 Å². The number of phenols is 1. The molecule has 3 heteroatoms. The summed E-state index contributed by atoms with van der Waals surface area (Å²) < 4.78 is 0. The van der Waals surface area contributed by atoms with E-state index in [1.807, 2.05) is 36.7 Å². The topological polar surface area (TPSA) is 33.1 Å². The Balaban J connectivity index is 2.49. The van der Waals surface area contributed by atoms with E-state index in [-0.39, 0.29) is 5.75 Å². The second-order valence-corrected chi connectivity index (χ2v) is 4.01. The highest BCUT2D eigenvalue weighted by atomic mass is 32.2. The number of nitrogens with zero attached hydrogens (tertiary/aromatic N) is 1. The predicted molar refractivity (Wildman–Crippen MR) is 63.1 cm³/mol. The molecule has 0 fully saturated rings. The van der Waals surface area contributed by atoms with Crippen LogP contribution in [0, 0.1) is 0 Å². The molecule has 2 nitrogen and oxygen atoms in total. The first-order chi connectivity index (χ1) is 7.31. The molecule has 1 N–H and O–H groups in total. The minimum absolute atomic E-state index is 0.289. The minimum Gasteiger partial charge on any atom is -0.507 e. The van der Waals surface area contributed by atoms with Crippen molar-refractivity contribution in [3.05, 3.63) is 42.7 Å². The van der Waals surface area contributed by atoms with E-state index in [1.54, 1.807) is 24.0 Å². The summed E-state index contributed by atoms with van der Waals surface area (Å²) in [5.41, 5.74) is 1.76. The van der Waals surface area contributed by atoms with Gasteiger partial charge >= 0.3 is 0 Å². The van der Waals surface area contributed by atoms with Crippen LogP contribution in [0.15, 0.2) is 47.6 Å². The maximum atomic E-state index is 9.69. The number of pyridine rings is 1. The van der Waals surface area contributed by atoms with Crippen molar-refractivity contribution in [3.63, 3.8) is 0 Å². The number of rotatable bonds is 2. The molecule has 1 aromatic heterocycles. The van der Waals surface area contributed by atoms with Gasteiger partial charge in [-0.2, -0.15) is 0 Å². The van der Waals surface area contributed by atoms with E-state index in [2.05, 4.69) is 4.98 Å². The summed E-state index contributed by atoms with van der Waals surface area (Å²) >= 11 is 1.64. The van der Waals surface area contributed by atoms with Crippen molar-refractivity contribution in [1.82, 2.24) is 4.98 Å². The maximum absolute atomic E-state index is 9.69. The average molecular weight is 217 g/mol. The van der Waals surface area contributed by atoms with Gasteiger partial charge in [0, 0.05) is 28.4 Å². The molecule has 76 valence electrons. The highest BCUT2D eigenvalue weighted by Crippen LogP contribution is 2.29. The standard InChI is InChI=1S/C12H11NOS/c1-15-10-6-9(7-13-8-10)11-4-2-3-5-12(11)14/h2-8,14H,1H3. The summed E-state index contributed by atoms with van der Waals surface area (Å²) in [6.45, 7) is 0. The molecule has 0 bridgehead atoms. The van der Waals surface area contributed by atoms with Crippen molar-refractivity contribution in [2.45, 2.75) is 4.90 Å². The minimum atomic E-state index is 0.289. The molecule has 1 aromatic carbocycles. The van der Waals surface area contributed by atoms with Crippen molar-refractivity contribution in [2.75, 3.05) is 6.26 Å².